The van der Waals surface area contributed by atoms with Gasteiger partial charge in [-0.3, -0.25) is 0 Å². The Balaban J connectivity index is 1.74. The maximum atomic E-state index is 9.98. The first-order valence-corrected chi connectivity index (χ1v) is 7.15. The number of rotatable bonds is 4. The van der Waals surface area contributed by atoms with Crippen LogP contribution in [0.1, 0.15) is 5.56 Å². The Labute approximate surface area is 130 Å². The van der Waals surface area contributed by atoms with E-state index < -0.39 is 0 Å². The monoisotopic (exact) mass is 351 g/mol. The summed E-state index contributed by atoms with van der Waals surface area (Å²) in [6.45, 7) is 0.665. The molecule has 1 heterocycles. The Morgan fingerprint density at radius 1 is 1.24 bits per heavy atom. The molecule has 1 aliphatic heterocycles. The first-order chi connectivity index (χ1) is 10.2. The van der Waals surface area contributed by atoms with Crippen molar-refractivity contribution in [3.05, 3.63) is 40.4 Å². The van der Waals surface area contributed by atoms with E-state index in [1.54, 1.807) is 19.2 Å². The number of hydrogen-bond acceptors (Lipinski definition) is 5. The van der Waals surface area contributed by atoms with Gasteiger partial charge >= 0.3 is 0 Å². The van der Waals surface area contributed by atoms with Crippen molar-refractivity contribution in [1.29, 1.82) is 0 Å². The molecule has 6 heteroatoms. The number of methoxy groups -OCH3 is 1. The van der Waals surface area contributed by atoms with Crippen LogP contribution in [0, 0.1) is 0 Å². The van der Waals surface area contributed by atoms with Crippen LogP contribution in [0.5, 0.6) is 23.0 Å². The summed E-state index contributed by atoms with van der Waals surface area (Å²) >= 11 is 3.44. The average Bonchev–Trinajstić information content (AvgIpc) is 2.92. The van der Waals surface area contributed by atoms with Gasteiger partial charge in [0.1, 0.15) is 11.5 Å². The van der Waals surface area contributed by atoms with Gasteiger partial charge in [-0.25, -0.2) is 0 Å². The average molecular weight is 352 g/mol. The summed E-state index contributed by atoms with van der Waals surface area (Å²) in [5, 5.41) is 13.2. The van der Waals surface area contributed by atoms with E-state index in [4.69, 9.17) is 14.2 Å². The molecular formula is C15H14BrNO4. The van der Waals surface area contributed by atoms with E-state index in [2.05, 4.69) is 21.2 Å². The third-order valence-electron chi connectivity index (χ3n) is 3.21. The minimum atomic E-state index is 0.180. The number of phenolic OH excluding ortho intramolecular Hbond substituents is 1. The molecule has 0 saturated heterocycles. The summed E-state index contributed by atoms with van der Waals surface area (Å²) < 4.78 is 16.6. The largest absolute Gasteiger partial charge is 0.507 e. The number of hydrogen-bond donors (Lipinski definition) is 2. The third kappa shape index (κ3) is 2.85. The first-order valence-electron chi connectivity index (χ1n) is 6.36. The van der Waals surface area contributed by atoms with E-state index >= 15 is 0 Å². The maximum absolute atomic E-state index is 9.98. The van der Waals surface area contributed by atoms with Crippen LogP contribution >= 0.6 is 15.9 Å². The Morgan fingerprint density at radius 2 is 2.00 bits per heavy atom. The molecule has 0 bridgehead atoms. The zero-order valence-corrected chi connectivity index (χ0v) is 12.9. The number of fused-ring (bicyclic) bond motifs is 1. The van der Waals surface area contributed by atoms with Gasteiger partial charge in [0.05, 0.1) is 11.6 Å². The lowest BCUT2D eigenvalue weighted by Crippen LogP contribution is -2.00. The topological polar surface area (TPSA) is 60.0 Å². The number of ether oxygens (including phenoxy) is 3. The zero-order chi connectivity index (χ0) is 14.8. The lowest BCUT2D eigenvalue weighted by atomic mass is 10.1. The van der Waals surface area contributed by atoms with Crippen molar-refractivity contribution in [3.63, 3.8) is 0 Å². The van der Waals surface area contributed by atoms with Gasteiger partial charge in [0.15, 0.2) is 11.5 Å². The molecule has 3 rings (SSSR count). The first kappa shape index (κ1) is 13.9. The van der Waals surface area contributed by atoms with E-state index in [0.29, 0.717) is 18.0 Å². The van der Waals surface area contributed by atoms with Gasteiger partial charge in [-0.1, -0.05) is 0 Å². The molecule has 1 aliphatic rings. The van der Waals surface area contributed by atoms with Gasteiger partial charge in [0.25, 0.3) is 0 Å². The van der Waals surface area contributed by atoms with Crippen LogP contribution < -0.4 is 19.5 Å². The molecule has 0 radical (unpaired) electrons. The van der Waals surface area contributed by atoms with Crippen molar-refractivity contribution in [2.75, 3.05) is 19.2 Å². The molecule has 2 aromatic rings. The minimum Gasteiger partial charge on any atom is -0.507 e. The van der Waals surface area contributed by atoms with E-state index in [-0.39, 0.29) is 12.5 Å². The molecule has 0 atom stereocenters. The predicted octanol–water partition coefficient (Wildman–Crippen LogP) is 3.50. The smallest absolute Gasteiger partial charge is 0.231 e. The van der Waals surface area contributed by atoms with Gasteiger partial charge in [-0.15, -0.1) is 0 Å². The van der Waals surface area contributed by atoms with Crippen LogP contribution in [0.15, 0.2) is 34.8 Å². The maximum Gasteiger partial charge on any atom is 0.231 e. The molecular weight excluding hydrogens is 338 g/mol. The van der Waals surface area contributed by atoms with E-state index in [0.717, 1.165) is 21.5 Å². The number of halogens is 1. The molecule has 0 unspecified atom stereocenters. The lowest BCUT2D eigenvalue weighted by molar-refractivity contribution is 0.174. The summed E-state index contributed by atoms with van der Waals surface area (Å²) in [5.41, 5.74) is 1.66. The second-order valence-corrected chi connectivity index (χ2v) is 5.39. The molecule has 2 N–H and O–H groups in total. The lowest BCUT2D eigenvalue weighted by Gasteiger charge is -2.11. The predicted molar refractivity (Wildman–Crippen MR) is 82.3 cm³/mol. The molecule has 0 fully saturated rings. The van der Waals surface area contributed by atoms with Crippen molar-refractivity contribution in [1.82, 2.24) is 0 Å². The molecule has 0 saturated carbocycles. The fraction of sp³-hybridized carbons (Fsp3) is 0.200. The third-order valence-corrected chi connectivity index (χ3v) is 3.83. The molecule has 0 aliphatic carbocycles. The molecule has 110 valence electrons. The van der Waals surface area contributed by atoms with Crippen molar-refractivity contribution in [3.8, 4) is 23.0 Å². The summed E-state index contributed by atoms with van der Waals surface area (Å²) in [6, 6.07) is 9.05. The van der Waals surface area contributed by atoms with Crippen LogP contribution in [0.2, 0.25) is 0 Å². The van der Waals surface area contributed by atoms with Crippen LogP contribution in [-0.2, 0) is 6.54 Å². The number of phenols is 1. The minimum absolute atomic E-state index is 0.180. The number of aromatic hydroxyl groups is 1. The van der Waals surface area contributed by atoms with Gasteiger partial charge in [-0.2, -0.15) is 0 Å². The van der Waals surface area contributed by atoms with Gasteiger partial charge in [0, 0.05) is 23.9 Å². The Hall–Kier alpha value is -2.08. The van der Waals surface area contributed by atoms with Crippen molar-refractivity contribution in [2.24, 2.45) is 0 Å². The normalized spacial score (nSPS) is 12.3. The van der Waals surface area contributed by atoms with E-state index in [1.165, 1.54) is 0 Å². The molecule has 0 spiro atoms. The highest BCUT2D eigenvalue weighted by molar-refractivity contribution is 9.10. The number of anilines is 1. The van der Waals surface area contributed by atoms with Gasteiger partial charge in [-0.05, 0) is 40.2 Å². The SMILES string of the molecule is COc1ccc(NCc2cc3c(cc2O)OCO3)cc1Br. The highest BCUT2D eigenvalue weighted by atomic mass is 79.9. The number of nitrogens with one attached hydrogen (secondary N) is 1. The summed E-state index contributed by atoms with van der Waals surface area (Å²) in [6.07, 6.45) is 0. The second-order valence-electron chi connectivity index (χ2n) is 4.54. The molecule has 0 aromatic heterocycles. The van der Waals surface area contributed by atoms with E-state index in [1.807, 2.05) is 18.2 Å². The van der Waals surface area contributed by atoms with Crippen LogP contribution in [0.3, 0.4) is 0 Å². The summed E-state index contributed by atoms with van der Waals surface area (Å²) in [4.78, 5) is 0. The Kier molecular flexibility index (Phi) is 3.79. The Bertz CT molecular complexity index is 675. The van der Waals surface area contributed by atoms with E-state index in [9.17, 15) is 5.11 Å². The second kappa shape index (κ2) is 5.73. The quantitative estimate of drug-likeness (QED) is 0.882. The fourth-order valence-electron chi connectivity index (χ4n) is 2.09. The fourth-order valence-corrected chi connectivity index (χ4v) is 2.63. The molecule has 2 aromatic carbocycles. The van der Waals surface area contributed by atoms with Crippen LogP contribution in [-0.4, -0.2) is 19.0 Å². The van der Waals surface area contributed by atoms with Crippen LogP contribution in [0.4, 0.5) is 5.69 Å². The standard InChI is InChI=1S/C15H14BrNO4/c1-19-13-3-2-10(5-11(13)16)17-7-9-4-14-15(6-12(9)18)21-8-20-14/h2-6,17-18H,7-8H2,1H3. The Morgan fingerprint density at radius 3 is 2.71 bits per heavy atom. The summed E-state index contributed by atoms with van der Waals surface area (Å²) in [5.74, 6) is 2.18. The van der Waals surface area contributed by atoms with Crippen molar-refractivity contribution < 1.29 is 19.3 Å². The molecule has 5 nitrogen and oxygen atoms in total. The van der Waals surface area contributed by atoms with Crippen LogP contribution in [0.25, 0.3) is 0 Å². The van der Waals surface area contributed by atoms with Gasteiger partial charge in [0.2, 0.25) is 6.79 Å². The van der Waals surface area contributed by atoms with Crippen molar-refractivity contribution in [2.45, 2.75) is 6.54 Å². The highest BCUT2D eigenvalue weighted by Crippen LogP contribution is 2.38. The van der Waals surface area contributed by atoms with Crippen molar-refractivity contribution >= 4 is 21.6 Å². The number of benzene rings is 2. The molecule has 0 amide bonds. The summed E-state index contributed by atoms with van der Waals surface area (Å²) in [7, 11) is 1.62. The van der Waals surface area contributed by atoms with Gasteiger partial charge < -0.3 is 24.6 Å². The highest BCUT2D eigenvalue weighted by Gasteiger charge is 2.16. The molecule has 21 heavy (non-hydrogen) atoms. The zero-order valence-electron chi connectivity index (χ0n) is 11.4.